The number of aromatic nitrogens is 3. The molecule has 0 saturated carbocycles. The average Bonchev–Trinajstić information content (AvgIpc) is 2.92. The van der Waals surface area contributed by atoms with Crippen molar-refractivity contribution in [3.8, 4) is 0 Å². The fourth-order valence-electron chi connectivity index (χ4n) is 2.70. The van der Waals surface area contributed by atoms with Crippen molar-refractivity contribution in [3.05, 3.63) is 34.6 Å². The van der Waals surface area contributed by atoms with Crippen molar-refractivity contribution in [2.24, 2.45) is 0 Å². The second kappa shape index (κ2) is 6.96. The summed E-state index contributed by atoms with van der Waals surface area (Å²) in [6, 6.07) is 1.95. The summed E-state index contributed by atoms with van der Waals surface area (Å²) >= 11 is 0. The van der Waals surface area contributed by atoms with Crippen molar-refractivity contribution in [3.63, 3.8) is 0 Å². The van der Waals surface area contributed by atoms with Crippen molar-refractivity contribution in [2.75, 3.05) is 31.2 Å². The molecule has 0 unspecified atom stereocenters. The molecule has 0 spiro atoms. The monoisotopic (exact) mass is 331 g/mol. The number of hydrogen-bond donors (Lipinski definition) is 1. The van der Waals surface area contributed by atoms with Crippen molar-refractivity contribution >= 4 is 11.7 Å². The summed E-state index contributed by atoms with van der Waals surface area (Å²) in [5, 5.41) is 6.63. The number of amides is 1. The second-order valence-electron chi connectivity index (χ2n) is 5.77. The standard InChI is InChI=1S/C16H21N5O3/c1-10-8-14(21-4-6-23-7-5-21)19-13(18-10)9-17-16(22)15-11(2)20-24-12(15)3/h8H,4-7,9H2,1-3H3,(H,17,22). The minimum Gasteiger partial charge on any atom is -0.378 e. The van der Waals surface area contributed by atoms with Gasteiger partial charge in [-0.1, -0.05) is 5.16 Å². The van der Waals surface area contributed by atoms with E-state index in [1.165, 1.54) is 0 Å². The van der Waals surface area contributed by atoms with Gasteiger partial charge in [0.25, 0.3) is 5.91 Å². The molecule has 8 heteroatoms. The molecule has 1 saturated heterocycles. The van der Waals surface area contributed by atoms with Crippen LogP contribution in [0.4, 0.5) is 5.82 Å². The third-order valence-electron chi connectivity index (χ3n) is 3.89. The van der Waals surface area contributed by atoms with E-state index >= 15 is 0 Å². The number of nitrogens with one attached hydrogen (secondary N) is 1. The van der Waals surface area contributed by atoms with Gasteiger partial charge in [0, 0.05) is 24.8 Å². The van der Waals surface area contributed by atoms with Gasteiger partial charge in [0.05, 0.1) is 25.5 Å². The molecule has 3 rings (SSSR count). The summed E-state index contributed by atoms with van der Waals surface area (Å²) in [5.41, 5.74) is 1.91. The van der Waals surface area contributed by atoms with E-state index in [1.807, 2.05) is 13.0 Å². The highest BCUT2D eigenvalue weighted by molar-refractivity contribution is 5.95. The maximum Gasteiger partial charge on any atom is 0.257 e. The quantitative estimate of drug-likeness (QED) is 0.898. The molecule has 24 heavy (non-hydrogen) atoms. The maximum atomic E-state index is 12.3. The first kappa shape index (κ1) is 16.4. The number of hydrogen-bond acceptors (Lipinski definition) is 7. The highest BCUT2D eigenvalue weighted by Gasteiger charge is 2.18. The Kier molecular flexibility index (Phi) is 4.75. The molecule has 0 aliphatic carbocycles. The lowest BCUT2D eigenvalue weighted by atomic mass is 10.2. The van der Waals surface area contributed by atoms with Crippen LogP contribution in [0.2, 0.25) is 0 Å². The van der Waals surface area contributed by atoms with E-state index in [0.29, 0.717) is 36.1 Å². The Bertz CT molecular complexity index is 718. The molecule has 1 N–H and O–H groups in total. The van der Waals surface area contributed by atoms with Crippen LogP contribution in [-0.4, -0.2) is 47.3 Å². The Balaban J connectivity index is 1.71. The van der Waals surface area contributed by atoms with E-state index in [-0.39, 0.29) is 12.5 Å². The number of ether oxygens (including phenoxy) is 1. The topological polar surface area (TPSA) is 93.4 Å². The van der Waals surface area contributed by atoms with E-state index in [4.69, 9.17) is 9.26 Å². The fraction of sp³-hybridized carbons (Fsp3) is 0.500. The Morgan fingerprint density at radius 2 is 2.00 bits per heavy atom. The number of carbonyl (C=O) groups excluding carboxylic acids is 1. The van der Waals surface area contributed by atoms with E-state index in [0.717, 1.165) is 24.6 Å². The number of anilines is 1. The smallest absolute Gasteiger partial charge is 0.257 e. The van der Waals surface area contributed by atoms with Crippen molar-refractivity contribution in [1.82, 2.24) is 20.4 Å². The van der Waals surface area contributed by atoms with Gasteiger partial charge in [0.2, 0.25) is 0 Å². The number of rotatable bonds is 4. The molecule has 2 aromatic heterocycles. The number of nitrogens with zero attached hydrogens (tertiary/aromatic N) is 4. The van der Waals surface area contributed by atoms with Crippen LogP contribution in [-0.2, 0) is 11.3 Å². The molecular formula is C16H21N5O3. The lowest BCUT2D eigenvalue weighted by Gasteiger charge is -2.28. The van der Waals surface area contributed by atoms with Crippen LogP contribution in [0, 0.1) is 20.8 Å². The van der Waals surface area contributed by atoms with E-state index < -0.39 is 0 Å². The molecular weight excluding hydrogens is 310 g/mol. The molecule has 128 valence electrons. The van der Waals surface area contributed by atoms with Gasteiger partial charge >= 0.3 is 0 Å². The molecule has 1 aliphatic heterocycles. The highest BCUT2D eigenvalue weighted by atomic mass is 16.5. The predicted molar refractivity (Wildman–Crippen MR) is 86.9 cm³/mol. The minimum atomic E-state index is -0.232. The first-order chi connectivity index (χ1) is 11.5. The summed E-state index contributed by atoms with van der Waals surface area (Å²) in [7, 11) is 0. The molecule has 1 aliphatic rings. The van der Waals surface area contributed by atoms with Crippen LogP contribution in [0.5, 0.6) is 0 Å². The van der Waals surface area contributed by atoms with Crippen molar-refractivity contribution < 1.29 is 14.1 Å². The van der Waals surface area contributed by atoms with Crippen LogP contribution in [0.15, 0.2) is 10.6 Å². The van der Waals surface area contributed by atoms with E-state index in [9.17, 15) is 4.79 Å². The van der Waals surface area contributed by atoms with Crippen LogP contribution >= 0.6 is 0 Å². The molecule has 0 bridgehead atoms. The molecule has 3 heterocycles. The molecule has 8 nitrogen and oxygen atoms in total. The molecule has 2 aromatic rings. The first-order valence-electron chi connectivity index (χ1n) is 7.93. The zero-order valence-corrected chi connectivity index (χ0v) is 14.1. The van der Waals surface area contributed by atoms with Crippen LogP contribution < -0.4 is 10.2 Å². The van der Waals surface area contributed by atoms with Gasteiger partial charge in [-0.3, -0.25) is 4.79 Å². The summed E-state index contributed by atoms with van der Waals surface area (Å²) in [4.78, 5) is 23.4. The second-order valence-corrected chi connectivity index (χ2v) is 5.77. The Morgan fingerprint density at radius 3 is 2.67 bits per heavy atom. The summed E-state index contributed by atoms with van der Waals surface area (Å²) < 4.78 is 10.4. The van der Waals surface area contributed by atoms with E-state index in [1.54, 1.807) is 13.8 Å². The third-order valence-corrected chi connectivity index (χ3v) is 3.89. The van der Waals surface area contributed by atoms with Crippen LogP contribution in [0.1, 0.15) is 33.3 Å². The molecule has 1 fully saturated rings. The number of morpholine rings is 1. The van der Waals surface area contributed by atoms with Gasteiger partial charge < -0.3 is 19.5 Å². The van der Waals surface area contributed by atoms with Gasteiger partial charge in [0.1, 0.15) is 23.0 Å². The van der Waals surface area contributed by atoms with Crippen molar-refractivity contribution in [1.29, 1.82) is 0 Å². The van der Waals surface area contributed by atoms with Gasteiger partial charge in [-0.15, -0.1) is 0 Å². The lowest BCUT2D eigenvalue weighted by Crippen LogP contribution is -2.37. The average molecular weight is 331 g/mol. The predicted octanol–water partition coefficient (Wildman–Crippen LogP) is 1.16. The Hall–Kier alpha value is -2.48. The molecule has 0 radical (unpaired) electrons. The van der Waals surface area contributed by atoms with Gasteiger partial charge in [-0.25, -0.2) is 9.97 Å². The maximum absolute atomic E-state index is 12.3. The summed E-state index contributed by atoms with van der Waals surface area (Å²) in [5.74, 6) is 1.72. The third kappa shape index (κ3) is 3.53. The minimum absolute atomic E-state index is 0.232. The number of carbonyl (C=O) groups is 1. The highest BCUT2D eigenvalue weighted by Crippen LogP contribution is 2.15. The van der Waals surface area contributed by atoms with Crippen molar-refractivity contribution in [2.45, 2.75) is 27.3 Å². The lowest BCUT2D eigenvalue weighted by molar-refractivity contribution is 0.0948. The first-order valence-corrected chi connectivity index (χ1v) is 7.93. The zero-order valence-electron chi connectivity index (χ0n) is 14.1. The van der Waals surface area contributed by atoms with Crippen LogP contribution in [0.25, 0.3) is 0 Å². The normalized spacial score (nSPS) is 14.7. The Labute approximate surface area is 140 Å². The summed E-state index contributed by atoms with van der Waals surface area (Å²) in [6.45, 7) is 8.64. The van der Waals surface area contributed by atoms with Crippen LogP contribution in [0.3, 0.4) is 0 Å². The van der Waals surface area contributed by atoms with Gasteiger partial charge in [-0.05, 0) is 20.8 Å². The largest absolute Gasteiger partial charge is 0.378 e. The fourth-order valence-corrected chi connectivity index (χ4v) is 2.70. The molecule has 1 amide bonds. The van der Waals surface area contributed by atoms with E-state index in [2.05, 4.69) is 25.3 Å². The SMILES string of the molecule is Cc1cc(N2CCOCC2)nc(CNC(=O)c2c(C)noc2C)n1. The van der Waals surface area contributed by atoms with Gasteiger partial charge in [-0.2, -0.15) is 0 Å². The molecule has 0 aromatic carbocycles. The van der Waals surface area contributed by atoms with Gasteiger partial charge in [0.15, 0.2) is 0 Å². The number of aryl methyl sites for hydroxylation is 3. The summed E-state index contributed by atoms with van der Waals surface area (Å²) in [6.07, 6.45) is 0. The molecule has 0 atom stereocenters. The zero-order chi connectivity index (χ0) is 17.1. The Morgan fingerprint density at radius 1 is 1.25 bits per heavy atom.